The van der Waals surface area contributed by atoms with Crippen LogP contribution >= 0.6 is 27.5 Å². The van der Waals surface area contributed by atoms with Crippen LogP contribution in [-0.2, 0) is 14.8 Å². The number of hydrogen-bond acceptors (Lipinski definition) is 3. The van der Waals surface area contributed by atoms with Crippen molar-refractivity contribution in [2.75, 3.05) is 16.2 Å². The van der Waals surface area contributed by atoms with Gasteiger partial charge in [-0.2, -0.15) is 0 Å². The van der Waals surface area contributed by atoms with E-state index < -0.39 is 15.9 Å². The van der Waals surface area contributed by atoms with Gasteiger partial charge in [0.05, 0.1) is 15.6 Å². The Morgan fingerprint density at radius 1 is 1.07 bits per heavy atom. The predicted octanol–water partition coefficient (Wildman–Crippen LogP) is 5.23. The number of aryl methyl sites for hydroxylation is 1. The van der Waals surface area contributed by atoms with Crippen molar-refractivity contribution in [3.63, 3.8) is 0 Å². The topological polar surface area (TPSA) is 66.5 Å². The summed E-state index contributed by atoms with van der Waals surface area (Å²) < 4.78 is 28.4. The Balaban J connectivity index is 1.72. The lowest BCUT2D eigenvalue weighted by Gasteiger charge is -2.31. The highest BCUT2D eigenvalue weighted by Crippen LogP contribution is 2.43. The van der Waals surface area contributed by atoms with Crippen molar-refractivity contribution in [1.82, 2.24) is 0 Å². The number of anilines is 2. The number of halogens is 2. The number of benzene rings is 3. The molecule has 1 amide bonds. The molecule has 3 aromatic carbocycles. The van der Waals surface area contributed by atoms with E-state index in [1.807, 2.05) is 19.1 Å². The van der Waals surface area contributed by atoms with Crippen LogP contribution in [0, 0.1) is 6.92 Å². The maximum absolute atomic E-state index is 13.3. The van der Waals surface area contributed by atoms with Gasteiger partial charge in [0.1, 0.15) is 6.54 Å². The monoisotopic (exact) mass is 490 g/mol. The van der Waals surface area contributed by atoms with Crippen molar-refractivity contribution >= 4 is 54.8 Å². The normalized spacial score (nSPS) is 14.1. The van der Waals surface area contributed by atoms with Crippen LogP contribution in [0.15, 0.2) is 70.0 Å². The number of fused-ring (bicyclic) bond motifs is 3. The van der Waals surface area contributed by atoms with Gasteiger partial charge in [0.2, 0.25) is 5.91 Å². The molecule has 29 heavy (non-hydrogen) atoms. The fourth-order valence-electron chi connectivity index (χ4n) is 3.32. The molecule has 1 heterocycles. The molecule has 1 N–H and O–H groups in total. The van der Waals surface area contributed by atoms with Gasteiger partial charge in [-0.05, 0) is 59.3 Å². The van der Waals surface area contributed by atoms with Crippen LogP contribution in [0.1, 0.15) is 5.56 Å². The number of hydrogen-bond donors (Lipinski definition) is 1. The van der Waals surface area contributed by atoms with Gasteiger partial charge >= 0.3 is 0 Å². The fraction of sp³-hybridized carbons (Fsp3) is 0.0952. The quantitative estimate of drug-likeness (QED) is 0.546. The van der Waals surface area contributed by atoms with Crippen LogP contribution in [0.4, 0.5) is 11.4 Å². The van der Waals surface area contributed by atoms with Crippen LogP contribution < -0.4 is 9.62 Å². The van der Waals surface area contributed by atoms with Gasteiger partial charge in [-0.15, -0.1) is 0 Å². The minimum absolute atomic E-state index is 0.192. The molecule has 0 aliphatic carbocycles. The molecule has 148 valence electrons. The van der Waals surface area contributed by atoms with Crippen molar-refractivity contribution in [2.45, 2.75) is 11.8 Å². The van der Waals surface area contributed by atoms with Gasteiger partial charge in [0.15, 0.2) is 0 Å². The molecule has 0 spiro atoms. The molecule has 8 heteroatoms. The Bertz CT molecular complexity index is 1240. The predicted molar refractivity (Wildman–Crippen MR) is 119 cm³/mol. The fourth-order valence-corrected chi connectivity index (χ4v) is 5.40. The van der Waals surface area contributed by atoms with E-state index in [-0.39, 0.29) is 11.4 Å². The Morgan fingerprint density at radius 3 is 2.59 bits per heavy atom. The highest BCUT2D eigenvalue weighted by atomic mass is 79.9. The van der Waals surface area contributed by atoms with E-state index in [0.29, 0.717) is 26.4 Å². The molecule has 0 saturated carbocycles. The first kappa shape index (κ1) is 19.9. The Kier molecular flexibility index (Phi) is 5.14. The summed E-state index contributed by atoms with van der Waals surface area (Å²) in [7, 11) is -3.87. The highest BCUT2D eigenvalue weighted by molar-refractivity contribution is 9.10. The summed E-state index contributed by atoms with van der Waals surface area (Å²) in [5, 5.41) is 3.16. The molecule has 0 bridgehead atoms. The SMILES string of the molecule is Cc1ccc2c(c1)-c1ccccc1S(=O)(=O)N2CC(=O)Nc1ccc(Br)c(Cl)c1. The van der Waals surface area contributed by atoms with Crippen molar-refractivity contribution in [1.29, 1.82) is 0 Å². The first-order valence-electron chi connectivity index (χ1n) is 8.75. The minimum Gasteiger partial charge on any atom is -0.324 e. The van der Waals surface area contributed by atoms with E-state index in [9.17, 15) is 13.2 Å². The van der Waals surface area contributed by atoms with Crippen LogP contribution in [-0.4, -0.2) is 20.9 Å². The number of carbonyl (C=O) groups excluding carboxylic acids is 1. The van der Waals surface area contributed by atoms with E-state index in [4.69, 9.17) is 11.6 Å². The molecule has 0 fully saturated rings. The van der Waals surface area contributed by atoms with E-state index >= 15 is 0 Å². The van der Waals surface area contributed by atoms with Crippen LogP contribution in [0.3, 0.4) is 0 Å². The number of amides is 1. The average molecular weight is 492 g/mol. The van der Waals surface area contributed by atoms with E-state index in [2.05, 4.69) is 21.2 Å². The maximum Gasteiger partial charge on any atom is 0.265 e. The summed E-state index contributed by atoms with van der Waals surface area (Å²) in [6, 6.07) is 17.3. The molecular weight excluding hydrogens is 476 g/mol. The van der Waals surface area contributed by atoms with Crippen LogP contribution in [0.5, 0.6) is 0 Å². The molecule has 0 saturated heterocycles. The van der Waals surface area contributed by atoms with Crippen molar-refractivity contribution in [3.05, 3.63) is 75.7 Å². The van der Waals surface area contributed by atoms with Gasteiger partial charge in [-0.25, -0.2) is 8.42 Å². The Labute approximate surface area is 182 Å². The van der Waals surface area contributed by atoms with Crippen molar-refractivity contribution in [3.8, 4) is 11.1 Å². The van der Waals surface area contributed by atoms with E-state index in [1.54, 1.807) is 48.5 Å². The summed E-state index contributed by atoms with van der Waals surface area (Å²) in [5.74, 6) is -0.460. The standard InChI is InChI=1S/C21H16BrClN2O3S/c1-13-6-9-19-16(10-13)15-4-2-3-5-20(15)29(27,28)25(19)12-21(26)24-14-7-8-17(22)18(23)11-14/h2-11H,12H2,1H3,(H,24,26). The first-order valence-corrected chi connectivity index (χ1v) is 11.4. The molecule has 0 unspecified atom stereocenters. The number of sulfonamides is 1. The molecule has 4 rings (SSSR count). The molecule has 1 aliphatic rings. The zero-order valence-electron chi connectivity index (χ0n) is 15.3. The maximum atomic E-state index is 13.3. The van der Waals surface area contributed by atoms with Gasteiger partial charge < -0.3 is 5.32 Å². The second-order valence-corrected chi connectivity index (χ2v) is 9.80. The third-order valence-electron chi connectivity index (χ3n) is 4.66. The van der Waals surface area contributed by atoms with Gasteiger partial charge in [0.25, 0.3) is 10.0 Å². The first-order chi connectivity index (χ1) is 13.8. The molecule has 0 atom stereocenters. The van der Waals surface area contributed by atoms with E-state index in [0.717, 1.165) is 15.4 Å². The number of nitrogens with one attached hydrogen (secondary N) is 1. The third-order valence-corrected chi connectivity index (χ3v) is 7.71. The molecule has 5 nitrogen and oxygen atoms in total. The number of rotatable bonds is 3. The summed E-state index contributed by atoms with van der Waals surface area (Å²) in [6.07, 6.45) is 0. The zero-order valence-corrected chi connectivity index (χ0v) is 18.5. The third kappa shape index (κ3) is 3.66. The zero-order chi connectivity index (χ0) is 20.8. The summed E-state index contributed by atoms with van der Waals surface area (Å²) >= 11 is 9.37. The largest absolute Gasteiger partial charge is 0.324 e. The van der Waals surface area contributed by atoms with E-state index in [1.165, 1.54) is 0 Å². The Hall–Kier alpha value is -2.35. The lowest BCUT2D eigenvalue weighted by Crippen LogP contribution is -2.40. The molecule has 0 aromatic heterocycles. The van der Waals surface area contributed by atoms with Gasteiger partial charge in [-0.1, -0.05) is 41.4 Å². The molecule has 1 aliphatic heterocycles. The second-order valence-electron chi connectivity index (χ2n) is 6.71. The Morgan fingerprint density at radius 2 is 1.83 bits per heavy atom. The van der Waals surface area contributed by atoms with Crippen molar-refractivity contribution < 1.29 is 13.2 Å². The van der Waals surface area contributed by atoms with Gasteiger partial charge in [-0.3, -0.25) is 9.10 Å². The smallest absolute Gasteiger partial charge is 0.265 e. The summed E-state index contributed by atoms with van der Waals surface area (Å²) in [6.45, 7) is 1.60. The number of nitrogens with zero attached hydrogens (tertiary/aromatic N) is 1. The van der Waals surface area contributed by atoms with Crippen LogP contribution in [0.2, 0.25) is 5.02 Å². The number of carbonyl (C=O) groups is 1. The minimum atomic E-state index is -3.87. The second kappa shape index (κ2) is 7.48. The molecule has 3 aromatic rings. The van der Waals surface area contributed by atoms with Gasteiger partial charge in [0, 0.05) is 21.3 Å². The lowest BCUT2D eigenvalue weighted by atomic mass is 10.0. The lowest BCUT2D eigenvalue weighted by molar-refractivity contribution is -0.114. The summed E-state index contributed by atoms with van der Waals surface area (Å²) in [5.41, 5.74) is 3.41. The molecular formula is C21H16BrClN2O3S. The highest BCUT2D eigenvalue weighted by Gasteiger charge is 2.35. The average Bonchev–Trinajstić information content (AvgIpc) is 2.68. The van der Waals surface area contributed by atoms with Crippen LogP contribution in [0.25, 0.3) is 11.1 Å². The van der Waals surface area contributed by atoms with Crippen molar-refractivity contribution in [2.24, 2.45) is 0 Å². The molecule has 0 radical (unpaired) electrons. The summed E-state index contributed by atoms with van der Waals surface area (Å²) in [4.78, 5) is 12.9.